The lowest BCUT2D eigenvalue weighted by atomic mass is 10.0. The first-order valence-electron chi connectivity index (χ1n) is 6.18. The molecule has 0 bridgehead atoms. The van der Waals surface area contributed by atoms with Crippen LogP contribution < -0.4 is 11.3 Å². The van der Waals surface area contributed by atoms with Crippen LogP contribution in [0.3, 0.4) is 0 Å². The zero-order valence-electron chi connectivity index (χ0n) is 10.9. The largest absolute Gasteiger partial charge is 0.271 e. The van der Waals surface area contributed by atoms with Gasteiger partial charge >= 0.3 is 0 Å². The summed E-state index contributed by atoms with van der Waals surface area (Å²) in [5.41, 5.74) is 3.87. The molecule has 0 aliphatic carbocycles. The maximum atomic E-state index is 14.0. The molecule has 4 nitrogen and oxygen atoms in total. The predicted octanol–water partition coefficient (Wildman–Crippen LogP) is 3.10. The van der Waals surface area contributed by atoms with E-state index in [0.717, 1.165) is 5.69 Å². The predicted molar refractivity (Wildman–Crippen MR) is 78.1 cm³/mol. The number of hydrogen-bond acceptors (Lipinski definition) is 3. The number of halogens is 3. The van der Waals surface area contributed by atoms with Crippen molar-refractivity contribution >= 4 is 23.2 Å². The van der Waals surface area contributed by atoms with Gasteiger partial charge in [-0.3, -0.25) is 16.0 Å². The summed E-state index contributed by atoms with van der Waals surface area (Å²) >= 11 is 11.9. The van der Waals surface area contributed by atoms with Gasteiger partial charge in [0.05, 0.1) is 28.0 Å². The molecule has 1 heterocycles. The molecule has 2 aromatic rings. The third-order valence-corrected chi connectivity index (χ3v) is 3.70. The Morgan fingerprint density at radius 1 is 1.40 bits per heavy atom. The van der Waals surface area contributed by atoms with Gasteiger partial charge in [-0.25, -0.2) is 4.39 Å². The first kappa shape index (κ1) is 15.3. The average molecular weight is 317 g/mol. The molecular formula is C13H15Cl2FN4. The van der Waals surface area contributed by atoms with Crippen LogP contribution in [0.5, 0.6) is 0 Å². The van der Waals surface area contributed by atoms with Crippen LogP contribution in [0.25, 0.3) is 0 Å². The number of nitrogens with one attached hydrogen (secondary N) is 1. The van der Waals surface area contributed by atoms with Crippen LogP contribution in [0.1, 0.15) is 24.2 Å². The Hall–Kier alpha value is -1.14. The molecule has 3 N–H and O–H groups in total. The second kappa shape index (κ2) is 6.54. The van der Waals surface area contributed by atoms with Crippen molar-refractivity contribution in [3.05, 3.63) is 51.5 Å². The van der Waals surface area contributed by atoms with E-state index in [0.29, 0.717) is 23.6 Å². The number of rotatable bonds is 5. The summed E-state index contributed by atoms with van der Waals surface area (Å²) < 4.78 is 15.7. The zero-order valence-corrected chi connectivity index (χ0v) is 12.4. The smallest absolute Gasteiger partial charge is 0.145 e. The Balaban J connectivity index is 2.34. The maximum absolute atomic E-state index is 14.0. The van der Waals surface area contributed by atoms with Gasteiger partial charge in [0.1, 0.15) is 5.82 Å². The molecule has 0 saturated heterocycles. The van der Waals surface area contributed by atoms with Crippen LogP contribution in [0.4, 0.5) is 4.39 Å². The summed E-state index contributed by atoms with van der Waals surface area (Å²) in [4.78, 5) is 0. The van der Waals surface area contributed by atoms with Crippen LogP contribution in [0, 0.1) is 5.82 Å². The molecule has 0 aliphatic rings. The van der Waals surface area contributed by atoms with Crippen molar-refractivity contribution in [2.45, 2.75) is 25.9 Å². The number of nitrogens with zero attached hydrogens (tertiary/aromatic N) is 2. The Labute approximate surface area is 126 Å². The molecule has 0 radical (unpaired) electrons. The summed E-state index contributed by atoms with van der Waals surface area (Å²) in [5, 5.41) is 4.74. The van der Waals surface area contributed by atoms with Gasteiger partial charge in [-0.05, 0) is 25.0 Å². The quantitative estimate of drug-likeness (QED) is 0.658. The topological polar surface area (TPSA) is 55.9 Å². The zero-order chi connectivity index (χ0) is 14.7. The molecular weight excluding hydrogens is 302 g/mol. The van der Waals surface area contributed by atoms with Gasteiger partial charge in [-0.2, -0.15) is 5.10 Å². The summed E-state index contributed by atoms with van der Waals surface area (Å²) in [5.74, 6) is 5.15. The van der Waals surface area contributed by atoms with Gasteiger partial charge in [0.2, 0.25) is 0 Å². The van der Waals surface area contributed by atoms with E-state index in [1.165, 1.54) is 6.07 Å². The lowest BCUT2D eigenvalue weighted by Crippen LogP contribution is -2.31. The number of hydrogen-bond donors (Lipinski definition) is 2. The SMILES string of the molecule is CCn1ncc(Cl)c1C(Cc1cccc(Cl)c1F)NN. The van der Waals surface area contributed by atoms with Crippen LogP contribution in [0.15, 0.2) is 24.4 Å². The molecule has 108 valence electrons. The van der Waals surface area contributed by atoms with Crippen molar-refractivity contribution < 1.29 is 4.39 Å². The number of hydrazine groups is 1. The molecule has 0 saturated carbocycles. The van der Waals surface area contributed by atoms with E-state index in [2.05, 4.69) is 10.5 Å². The highest BCUT2D eigenvalue weighted by atomic mass is 35.5. The van der Waals surface area contributed by atoms with Gasteiger partial charge in [0.15, 0.2) is 0 Å². The molecule has 1 aromatic heterocycles. The number of benzene rings is 1. The first-order valence-corrected chi connectivity index (χ1v) is 6.94. The summed E-state index contributed by atoms with van der Waals surface area (Å²) in [6.45, 7) is 2.60. The van der Waals surface area contributed by atoms with E-state index in [1.54, 1.807) is 23.0 Å². The highest BCUT2D eigenvalue weighted by Gasteiger charge is 2.21. The summed E-state index contributed by atoms with van der Waals surface area (Å²) in [6.07, 6.45) is 1.88. The third kappa shape index (κ3) is 2.96. The lowest BCUT2D eigenvalue weighted by Gasteiger charge is -2.18. The second-order valence-corrected chi connectivity index (χ2v) is 5.14. The minimum absolute atomic E-state index is 0.0911. The molecule has 20 heavy (non-hydrogen) atoms. The minimum Gasteiger partial charge on any atom is -0.271 e. The number of nitrogens with two attached hydrogens (primary N) is 1. The molecule has 2 rings (SSSR count). The second-order valence-electron chi connectivity index (χ2n) is 4.33. The van der Waals surface area contributed by atoms with Crippen LogP contribution in [-0.4, -0.2) is 9.78 Å². The van der Waals surface area contributed by atoms with E-state index < -0.39 is 5.82 Å². The fraction of sp³-hybridized carbons (Fsp3) is 0.308. The van der Waals surface area contributed by atoms with E-state index >= 15 is 0 Å². The first-order chi connectivity index (χ1) is 9.58. The fourth-order valence-electron chi connectivity index (χ4n) is 2.13. The van der Waals surface area contributed by atoms with Gasteiger partial charge in [0.25, 0.3) is 0 Å². The third-order valence-electron chi connectivity index (χ3n) is 3.12. The highest BCUT2D eigenvalue weighted by molar-refractivity contribution is 6.31. The molecule has 0 amide bonds. The van der Waals surface area contributed by atoms with Crippen LogP contribution in [-0.2, 0) is 13.0 Å². The Kier molecular flexibility index (Phi) is 4.99. The van der Waals surface area contributed by atoms with E-state index in [1.807, 2.05) is 6.92 Å². The Morgan fingerprint density at radius 3 is 2.80 bits per heavy atom. The molecule has 1 atom stereocenters. The van der Waals surface area contributed by atoms with E-state index in [4.69, 9.17) is 29.0 Å². The van der Waals surface area contributed by atoms with Gasteiger partial charge in [0, 0.05) is 6.54 Å². The number of aromatic nitrogens is 2. The van der Waals surface area contributed by atoms with Crippen LogP contribution in [0.2, 0.25) is 10.0 Å². The summed E-state index contributed by atoms with van der Waals surface area (Å²) in [6, 6.07) is 4.53. The van der Waals surface area contributed by atoms with Gasteiger partial charge < -0.3 is 0 Å². The lowest BCUT2D eigenvalue weighted by molar-refractivity contribution is 0.481. The summed E-state index contributed by atoms with van der Waals surface area (Å²) in [7, 11) is 0. The van der Waals surface area contributed by atoms with Gasteiger partial charge in [-0.15, -0.1) is 0 Å². The molecule has 0 aliphatic heterocycles. The van der Waals surface area contributed by atoms with Crippen molar-refractivity contribution in [1.82, 2.24) is 15.2 Å². The fourth-order valence-corrected chi connectivity index (χ4v) is 2.60. The van der Waals surface area contributed by atoms with Crippen molar-refractivity contribution in [2.75, 3.05) is 0 Å². The van der Waals surface area contributed by atoms with Crippen LogP contribution >= 0.6 is 23.2 Å². The molecule has 1 aromatic carbocycles. The van der Waals surface area contributed by atoms with Crippen molar-refractivity contribution in [1.29, 1.82) is 0 Å². The van der Waals surface area contributed by atoms with Crippen molar-refractivity contribution in [3.63, 3.8) is 0 Å². The minimum atomic E-state index is -0.437. The Morgan fingerprint density at radius 2 is 2.15 bits per heavy atom. The molecule has 0 spiro atoms. The van der Waals surface area contributed by atoms with Gasteiger partial charge in [-0.1, -0.05) is 35.3 Å². The average Bonchev–Trinajstić information content (AvgIpc) is 2.82. The van der Waals surface area contributed by atoms with E-state index in [-0.39, 0.29) is 11.1 Å². The molecule has 7 heteroatoms. The Bertz CT molecular complexity index is 600. The highest BCUT2D eigenvalue weighted by Crippen LogP contribution is 2.27. The normalized spacial score (nSPS) is 12.7. The maximum Gasteiger partial charge on any atom is 0.145 e. The number of aryl methyl sites for hydroxylation is 1. The molecule has 0 fully saturated rings. The standard InChI is InChI=1S/C13H15Cl2FN4/c1-2-20-13(10(15)7-18-20)11(19-17)6-8-4-3-5-9(14)12(8)16/h3-5,7,11,19H,2,6,17H2,1H3. The van der Waals surface area contributed by atoms with Crippen molar-refractivity contribution in [2.24, 2.45) is 5.84 Å². The van der Waals surface area contributed by atoms with Crippen molar-refractivity contribution in [3.8, 4) is 0 Å². The molecule has 1 unspecified atom stereocenters. The monoisotopic (exact) mass is 316 g/mol. The van der Waals surface area contributed by atoms with E-state index in [9.17, 15) is 4.39 Å².